The Morgan fingerprint density at radius 1 is 0.949 bits per heavy atom. The summed E-state index contributed by atoms with van der Waals surface area (Å²) in [5.41, 5.74) is 4.54. The molecule has 0 bridgehead atoms. The minimum atomic E-state index is -0.189. The number of fused-ring (bicyclic) bond motifs is 1. The Bertz CT molecular complexity index is 1460. The SMILES string of the molecule is CCN(c1ccnc(NC(=O)c2ccc(CN3CCN(C)CC3)cc2)c1)c1ccc2c(ccn2C(=O)NC)c1. The molecule has 4 aromatic rings. The average molecular weight is 526 g/mol. The fourth-order valence-electron chi connectivity index (χ4n) is 4.98. The van der Waals surface area contributed by atoms with Crippen LogP contribution in [-0.2, 0) is 6.54 Å². The molecule has 202 valence electrons. The van der Waals surface area contributed by atoms with Gasteiger partial charge in [-0.1, -0.05) is 12.1 Å². The molecule has 2 amide bonds. The van der Waals surface area contributed by atoms with E-state index < -0.39 is 0 Å². The summed E-state index contributed by atoms with van der Waals surface area (Å²) in [7, 11) is 3.77. The van der Waals surface area contributed by atoms with Gasteiger partial charge in [0.05, 0.1) is 5.52 Å². The zero-order chi connectivity index (χ0) is 27.4. The van der Waals surface area contributed by atoms with Crippen LogP contribution in [0, 0.1) is 0 Å². The van der Waals surface area contributed by atoms with Crippen molar-refractivity contribution in [2.75, 3.05) is 57.0 Å². The van der Waals surface area contributed by atoms with Crippen molar-refractivity contribution in [3.8, 4) is 0 Å². The second kappa shape index (κ2) is 11.7. The van der Waals surface area contributed by atoms with Gasteiger partial charge < -0.3 is 20.4 Å². The molecule has 9 nitrogen and oxygen atoms in total. The fourth-order valence-corrected chi connectivity index (χ4v) is 4.98. The first-order chi connectivity index (χ1) is 18.9. The lowest BCUT2D eigenvalue weighted by Gasteiger charge is -2.32. The lowest BCUT2D eigenvalue weighted by atomic mass is 10.1. The van der Waals surface area contributed by atoms with Crippen molar-refractivity contribution >= 4 is 40.0 Å². The summed E-state index contributed by atoms with van der Waals surface area (Å²) in [5.74, 6) is 0.301. The minimum Gasteiger partial charge on any atom is -0.342 e. The maximum Gasteiger partial charge on any atom is 0.325 e. The molecule has 1 saturated heterocycles. The number of piperazine rings is 1. The standard InChI is InChI=1S/C30H35N7O2/c1-4-36(25-9-10-27-24(19-25)12-14-37(27)30(39)31-2)26-11-13-32-28(20-26)33-29(38)23-7-5-22(6-8-23)21-35-17-15-34(3)16-18-35/h5-14,19-20H,4,15-18,21H2,1-3H3,(H,31,39)(H,32,33,38). The van der Waals surface area contributed by atoms with Crippen molar-refractivity contribution in [3.63, 3.8) is 0 Å². The molecule has 0 radical (unpaired) electrons. The Kier molecular flexibility index (Phi) is 7.90. The van der Waals surface area contributed by atoms with Crippen LogP contribution < -0.4 is 15.5 Å². The normalized spacial score (nSPS) is 14.3. The van der Waals surface area contributed by atoms with Crippen molar-refractivity contribution in [3.05, 3.63) is 84.2 Å². The van der Waals surface area contributed by atoms with Crippen LogP contribution in [-0.4, -0.2) is 78.1 Å². The van der Waals surface area contributed by atoms with E-state index in [-0.39, 0.29) is 11.9 Å². The molecular formula is C30H35N7O2. The number of carbonyl (C=O) groups is 2. The minimum absolute atomic E-state index is 0.177. The van der Waals surface area contributed by atoms with Crippen molar-refractivity contribution < 1.29 is 9.59 Å². The lowest BCUT2D eigenvalue weighted by molar-refractivity contribution is 0.102. The first-order valence-electron chi connectivity index (χ1n) is 13.3. The van der Waals surface area contributed by atoms with E-state index in [1.807, 2.05) is 54.6 Å². The van der Waals surface area contributed by atoms with E-state index in [0.29, 0.717) is 17.9 Å². The number of pyridine rings is 1. The van der Waals surface area contributed by atoms with E-state index in [0.717, 1.165) is 55.0 Å². The first-order valence-corrected chi connectivity index (χ1v) is 13.3. The van der Waals surface area contributed by atoms with Gasteiger partial charge in [0, 0.05) is 87.1 Å². The Hall–Kier alpha value is -4.21. The number of benzene rings is 2. The molecule has 1 aliphatic rings. The molecule has 0 aliphatic carbocycles. The molecule has 0 atom stereocenters. The van der Waals surface area contributed by atoms with Crippen LogP contribution in [0.4, 0.5) is 22.0 Å². The highest BCUT2D eigenvalue weighted by molar-refractivity contribution is 6.04. The monoisotopic (exact) mass is 525 g/mol. The number of anilines is 3. The van der Waals surface area contributed by atoms with Crippen LogP contribution >= 0.6 is 0 Å². The molecule has 1 fully saturated rings. The summed E-state index contributed by atoms with van der Waals surface area (Å²) in [6.45, 7) is 7.98. The van der Waals surface area contributed by atoms with Crippen molar-refractivity contribution in [2.45, 2.75) is 13.5 Å². The summed E-state index contributed by atoms with van der Waals surface area (Å²) in [4.78, 5) is 36.4. The summed E-state index contributed by atoms with van der Waals surface area (Å²) in [5, 5.41) is 6.57. The molecule has 9 heteroatoms. The number of rotatable bonds is 7. The molecule has 0 saturated carbocycles. The van der Waals surface area contributed by atoms with Gasteiger partial charge in [-0.15, -0.1) is 0 Å². The Balaban J connectivity index is 1.27. The van der Waals surface area contributed by atoms with Crippen LogP contribution in [0.1, 0.15) is 22.8 Å². The summed E-state index contributed by atoms with van der Waals surface area (Å²) < 4.78 is 1.59. The highest BCUT2D eigenvalue weighted by Crippen LogP contribution is 2.30. The molecule has 39 heavy (non-hydrogen) atoms. The van der Waals surface area contributed by atoms with Gasteiger partial charge in [0.15, 0.2) is 0 Å². The van der Waals surface area contributed by atoms with Crippen LogP contribution in [0.25, 0.3) is 10.9 Å². The maximum atomic E-state index is 13.0. The summed E-state index contributed by atoms with van der Waals surface area (Å²) in [6.07, 6.45) is 3.47. The highest BCUT2D eigenvalue weighted by atomic mass is 16.2. The van der Waals surface area contributed by atoms with Gasteiger partial charge in [-0.2, -0.15) is 0 Å². The predicted octanol–water partition coefficient (Wildman–Crippen LogP) is 4.38. The molecule has 2 N–H and O–H groups in total. The Labute approximate surface area is 229 Å². The van der Waals surface area contributed by atoms with E-state index in [1.54, 1.807) is 24.0 Å². The van der Waals surface area contributed by atoms with Crippen LogP contribution in [0.5, 0.6) is 0 Å². The van der Waals surface area contributed by atoms with Crippen LogP contribution in [0.2, 0.25) is 0 Å². The highest BCUT2D eigenvalue weighted by Gasteiger charge is 2.16. The van der Waals surface area contributed by atoms with Crippen molar-refractivity contribution in [1.29, 1.82) is 0 Å². The van der Waals surface area contributed by atoms with Gasteiger partial charge in [-0.3, -0.25) is 14.3 Å². The zero-order valence-corrected chi connectivity index (χ0v) is 22.7. The number of nitrogens with one attached hydrogen (secondary N) is 2. The van der Waals surface area contributed by atoms with E-state index >= 15 is 0 Å². The Morgan fingerprint density at radius 2 is 1.69 bits per heavy atom. The first kappa shape index (κ1) is 26.4. The molecule has 0 unspecified atom stereocenters. The molecule has 1 aliphatic heterocycles. The third kappa shape index (κ3) is 5.94. The van der Waals surface area contributed by atoms with Crippen LogP contribution in [0.15, 0.2) is 73.1 Å². The number of amides is 2. The molecule has 2 aromatic carbocycles. The molecule has 2 aromatic heterocycles. The van der Waals surface area contributed by atoms with Gasteiger partial charge in [0.1, 0.15) is 5.82 Å². The zero-order valence-electron chi connectivity index (χ0n) is 22.7. The van der Waals surface area contributed by atoms with Crippen molar-refractivity contribution in [2.24, 2.45) is 0 Å². The molecule has 5 rings (SSSR count). The third-order valence-electron chi connectivity index (χ3n) is 7.25. The number of carbonyl (C=O) groups excluding carboxylic acids is 2. The quantitative estimate of drug-likeness (QED) is 0.373. The summed E-state index contributed by atoms with van der Waals surface area (Å²) >= 11 is 0. The molecular weight excluding hydrogens is 490 g/mol. The van der Waals surface area contributed by atoms with Gasteiger partial charge in [-0.05, 0) is 62.0 Å². The van der Waals surface area contributed by atoms with E-state index in [1.165, 1.54) is 5.56 Å². The maximum absolute atomic E-state index is 13.0. The van der Waals surface area contributed by atoms with E-state index in [2.05, 4.69) is 50.4 Å². The largest absolute Gasteiger partial charge is 0.342 e. The number of nitrogens with zero attached hydrogens (tertiary/aromatic N) is 5. The lowest BCUT2D eigenvalue weighted by Crippen LogP contribution is -2.43. The summed E-state index contributed by atoms with van der Waals surface area (Å²) in [6, 6.07) is 19.4. The molecule has 3 heterocycles. The smallest absolute Gasteiger partial charge is 0.325 e. The van der Waals surface area contributed by atoms with Gasteiger partial charge in [0.2, 0.25) is 0 Å². The molecule has 0 spiro atoms. The van der Waals surface area contributed by atoms with Gasteiger partial charge in [0.25, 0.3) is 5.91 Å². The second-order valence-corrected chi connectivity index (χ2v) is 9.86. The Morgan fingerprint density at radius 3 is 2.41 bits per heavy atom. The van der Waals surface area contributed by atoms with E-state index in [4.69, 9.17) is 0 Å². The number of hydrogen-bond acceptors (Lipinski definition) is 6. The van der Waals surface area contributed by atoms with E-state index in [9.17, 15) is 9.59 Å². The fraction of sp³-hybridized carbons (Fsp3) is 0.300. The van der Waals surface area contributed by atoms with Gasteiger partial charge in [-0.25, -0.2) is 9.78 Å². The number of likely N-dealkylation sites (N-methyl/N-ethyl adjacent to an activating group) is 1. The predicted molar refractivity (Wildman–Crippen MR) is 156 cm³/mol. The van der Waals surface area contributed by atoms with Crippen LogP contribution in [0.3, 0.4) is 0 Å². The topological polar surface area (TPSA) is 85.7 Å². The average Bonchev–Trinajstić information content (AvgIpc) is 3.38. The van der Waals surface area contributed by atoms with Gasteiger partial charge >= 0.3 is 6.03 Å². The number of aromatic nitrogens is 2. The second-order valence-electron chi connectivity index (χ2n) is 9.86. The third-order valence-corrected chi connectivity index (χ3v) is 7.25. The van der Waals surface area contributed by atoms with Crippen molar-refractivity contribution in [1.82, 2.24) is 24.7 Å². The number of hydrogen-bond donors (Lipinski definition) is 2.